The third-order valence-electron chi connectivity index (χ3n) is 12.0. The maximum Gasteiger partial charge on any atom is 0.164 e. The van der Waals surface area contributed by atoms with E-state index in [0.29, 0.717) is 5.92 Å². The van der Waals surface area contributed by atoms with Crippen LogP contribution >= 0.6 is 0 Å². The number of hydrogen-bond acceptors (Lipinski definition) is 5. The summed E-state index contributed by atoms with van der Waals surface area (Å²) >= 11 is 0. The van der Waals surface area contributed by atoms with E-state index in [1.54, 1.807) is 0 Å². The van der Waals surface area contributed by atoms with Crippen LogP contribution in [-0.2, 0) is 44.2 Å². The Morgan fingerprint density at radius 1 is 0.855 bits per heavy atom. The number of allylic oxidation sites excluding steroid dienone is 2. The number of aliphatic hydroxyl groups is 1. The summed E-state index contributed by atoms with van der Waals surface area (Å²) in [6.07, 6.45) is 11.4. The second-order valence-electron chi connectivity index (χ2n) is 15.8. The van der Waals surface area contributed by atoms with E-state index in [9.17, 15) is 9.90 Å². The average molecular weight is 912 g/mol. The van der Waals surface area contributed by atoms with Crippen molar-refractivity contribution < 1.29 is 34.4 Å². The first-order valence-electron chi connectivity index (χ1n) is 19.8. The summed E-state index contributed by atoms with van der Waals surface area (Å²) in [5.74, 6) is 1.89. The topological polar surface area (TPSA) is 76.2 Å². The van der Waals surface area contributed by atoms with Crippen LogP contribution in [0.5, 0.6) is 0 Å². The molecule has 0 saturated heterocycles. The van der Waals surface area contributed by atoms with Gasteiger partial charge in [-0.1, -0.05) is 120 Å². The van der Waals surface area contributed by atoms with E-state index in [1.807, 2.05) is 60.0 Å². The Morgan fingerprint density at radius 2 is 1.51 bits per heavy atom. The zero-order chi connectivity index (χ0) is 38.6. The van der Waals surface area contributed by atoms with Crippen molar-refractivity contribution in [2.24, 2.45) is 16.7 Å². The number of hydrogen-bond donors (Lipinski definition) is 1. The minimum atomic E-state index is -0.337. The normalized spacial score (nSPS) is 12.9. The maximum absolute atomic E-state index is 12.2. The van der Waals surface area contributed by atoms with Crippen LogP contribution in [0.3, 0.4) is 0 Å². The van der Waals surface area contributed by atoms with Gasteiger partial charge in [-0.15, -0.1) is 23.6 Å². The van der Waals surface area contributed by atoms with Gasteiger partial charge in [-0.2, -0.15) is 0 Å². The fourth-order valence-corrected chi connectivity index (χ4v) is 7.51. The summed E-state index contributed by atoms with van der Waals surface area (Å²) in [5, 5.41) is 13.5. The number of carbonyl (C=O) groups excluding carboxylic acids is 1. The first kappa shape index (κ1) is 41.8. The van der Waals surface area contributed by atoms with Gasteiger partial charge in [0.25, 0.3) is 0 Å². The number of ketones is 1. The van der Waals surface area contributed by atoms with Gasteiger partial charge < -0.3 is 9.52 Å². The molecule has 3 heterocycles. The van der Waals surface area contributed by atoms with Crippen molar-refractivity contribution in [1.82, 2.24) is 9.97 Å². The molecule has 0 saturated carbocycles. The van der Waals surface area contributed by atoms with Gasteiger partial charge >= 0.3 is 0 Å². The molecular formula is C49H55IrN2O3-. The molecule has 5 nitrogen and oxygen atoms in total. The Hall–Kier alpha value is -4.38. The number of aryl methyl sites for hydroxylation is 1. The molecule has 7 rings (SSSR count). The Bertz CT molecular complexity index is 2290. The maximum atomic E-state index is 12.2. The first-order chi connectivity index (χ1) is 26.0. The molecule has 0 amide bonds. The van der Waals surface area contributed by atoms with Gasteiger partial charge in [0, 0.05) is 78.2 Å². The van der Waals surface area contributed by atoms with E-state index in [-0.39, 0.29) is 42.5 Å². The Kier molecular flexibility index (Phi) is 13.4. The number of rotatable bonds is 11. The van der Waals surface area contributed by atoms with Gasteiger partial charge in [0.1, 0.15) is 17.1 Å². The van der Waals surface area contributed by atoms with Gasteiger partial charge in [-0.05, 0) is 73.3 Å². The predicted octanol–water partition coefficient (Wildman–Crippen LogP) is 13.1. The summed E-state index contributed by atoms with van der Waals surface area (Å²) in [6.45, 7) is 16.6. The molecule has 0 fully saturated rings. The number of nitrogens with zero attached hydrogens (tertiary/aromatic N) is 2. The number of carbonyl (C=O) groups is 1. The van der Waals surface area contributed by atoms with E-state index in [2.05, 4.69) is 86.6 Å². The number of pyridine rings is 2. The third-order valence-corrected chi connectivity index (χ3v) is 12.0. The van der Waals surface area contributed by atoms with Crippen molar-refractivity contribution in [2.75, 3.05) is 0 Å². The number of aliphatic hydroxyl groups excluding tert-OH is 1. The number of benzene rings is 3. The minimum absolute atomic E-state index is 0. The molecule has 3 aromatic carbocycles. The summed E-state index contributed by atoms with van der Waals surface area (Å²) in [7, 11) is 0. The standard InChI is InChI=1S/C34H27N2O.C15H28O2.Ir/c1-21(2)18-29-26-12-13-30-32(27(26)14-16-35-29)33-31(37-30)15-17-36-34(33)24-19-23-10-6-7-11-25(23)28(20-24)22-8-4-3-5-9-22;1-7-14(5,8-2)12(16)11-13(17)15(6,9-3)10-4;/h3-11,14-17,20-21H,12-13,18H2,1-2H3;11,16H,7-10H2,1-6H3;/q-1;;/b;12-11-;. The molecule has 289 valence electrons. The summed E-state index contributed by atoms with van der Waals surface area (Å²) in [5.41, 5.74) is 9.53. The van der Waals surface area contributed by atoms with Crippen LogP contribution in [0.2, 0.25) is 0 Å². The zero-order valence-corrected chi connectivity index (χ0v) is 36.1. The van der Waals surface area contributed by atoms with Crippen LogP contribution in [0.1, 0.15) is 98.1 Å². The molecule has 1 aliphatic rings. The van der Waals surface area contributed by atoms with E-state index in [0.717, 1.165) is 78.3 Å². The molecule has 1 aliphatic carbocycles. The van der Waals surface area contributed by atoms with Crippen molar-refractivity contribution in [3.05, 3.63) is 120 Å². The second kappa shape index (κ2) is 17.6. The molecule has 55 heavy (non-hydrogen) atoms. The van der Waals surface area contributed by atoms with Crippen molar-refractivity contribution in [3.8, 4) is 33.5 Å². The zero-order valence-electron chi connectivity index (χ0n) is 33.7. The van der Waals surface area contributed by atoms with Crippen LogP contribution in [0, 0.1) is 22.8 Å². The van der Waals surface area contributed by atoms with E-state index in [4.69, 9.17) is 14.4 Å². The Morgan fingerprint density at radius 3 is 2.18 bits per heavy atom. The minimum Gasteiger partial charge on any atom is -0.512 e. The largest absolute Gasteiger partial charge is 0.512 e. The van der Waals surface area contributed by atoms with Crippen LogP contribution in [-0.4, -0.2) is 20.9 Å². The Labute approximate surface area is 341 Å². The van der Waals surface area contributed by atoms with Crippen molar-refractivity contribution >= 4 is 27.5 Å². The Balaban J connectivity index is 0.000000276. The van der Waals surface area contributed by atoms with Gasteiger partial charge in [0.15, 0.2) is 5.78 Å². The molecule has 0 bridgehead atoms. The average Bonchev–Trinajstić information content (AvgIpc) is 3.60. The van der Waals surface area contributed by atoms with E-state index < -0.39 is 0 Å². The first-order valence-corrected chi connectivity index (χ1v) is 19.8. The molecule has 3 aromatic heterocycles. The molecule has 0 unspecified atom stereocenters. The molecule has 1 radical (unpaired) electrons. The number of fused-ring (bicyclic) bond motifs is 6. The second-order valence-corrected chi connectivity index (χ2v) is 15.8. The van der Waals surface area contributed by atoms with Crippen LogP contribution < -0.4 is 0 Å². The predicted molar refractivity (Wildman–Crippen MR) is 224 cm³/mol. The van der Waals surface area contributed by atoms with Gasteiger partial charge in [0.2, 0.25) is 0 Å². The van der Waals surface area contributed by atoms with Gasteiger partial charge in [-0.25, -0.2) is 0 Å². The molecule has 6 heteroatoms. The monoisotopic (exact) mass is 912 g/mol. The number of aromatic nitrogens is 2. The molecule has 0 atom stereocenters. The van der Waals surface area contributed by atoms with Crippen LogP contribution in [0.25, 0.3) is 55.3 Å². The smallest absolute Gasteiger partial charge is 0.164 e. The van der Waals surface area contributed by atoms with E-state index in [1.165, 1.54) is 45.0 Å². The number of furan rings is 1. The summed E-state index contributed by atoms with van der Waals surface area (Å²) in [6, 6.07) is 29.1. The quantitative estimate of drug-likeness (QED) is 0.0796. The fourth-order valence-electron chi connectivity index (χ4n) is 7.51. The van der Waals surface area contributed by atoms with Crippen molar-refractivity contribution in [3.63, 3.8) is 0 Å². The van der Waals surface area contributed by atoms with Gasteiger partial charge in [-0.3, -0.25) is 14.8 Å². The molecule has 1 N–H and O–H groups in total. The fraction of sp³-hybridized carbons (Fsp3) is 0.367. The van der Waals surface area contributed by atoms with Crippen LogP contribution in [0.15, 0.2) is 101 Å². The van der Waals surface area contributed by atoms with Gasteiger partial charge in [0.05, 0.1) is 0 Å². The SMILES string of the molecule is CC(C)Cc1nccc2c1CCc1oc3ccnc(-c4[c-]c5ccccc5c(-c5ccccc5)c4)c3c1-2.CCC(C)(CC)C(=O)/C=C(\O)C(C)(CC)CC.[Ir]. The van der Waals surface area contributed by atoms with Crippen molar-refractivity contribution in [2.45, 2.75) is 100 Å². The molecular weight excluding hydrogens is 857 g/mol. The third kappa shape index (κ3) is 8.42. The molecule has 0 spiro atoms. The van der Waals surface area contributed by atoms with Crippen LogP contribution in [0.4, 0.5) is 0 Å². The molecule has 6 aromatic rings. The summed E-state index contributed by atoms with van der Waals surface area (Å²) in [4.78, 5) is 21.9. The van der Waals surface area contributed by atoms with Crippen molar-refractivity contribution in [1.29, 1.82) is 0 Å². The summed E-state index contributed by atoms with van der Waals surface area (Å²) < 4.78 is 6.46. The van der Waals surface area contributed by atoms with E-state index >= 15 is 0 Å². The molecule has 0 aliphatic heterocycles.